The number of nitrogens with zero attached hydrogens (tertiary/aromatic N) is 8. The van der Waals surface area contributed by atoms with Gasteiger partial charge in [-0.05, 0) is 52.5 Å². The third-order valence-corrected chi connectivity index (χ3v) is 6.18. The summed E-state index contributed by atoms with van der Waals surface area (Å²) in [7, 11) is 4.51. The average Bonchev–Trinajstić information content (AvgIpc) is 3.87. The summed E-state index contributed by atoms with van der Waals surface area (Å²) in [6.07, 6.45) is 0. The normalized spacial score (nSPS) is 9.21. The number of oxime groups is 1. The number of nitro benzene ring substituents is 2. The van der Waals surface area contributed by atoms with E-state index in [1.54, 1.807) is 64.5 Å². The number of aromatic nitrogens is 4. The number of aliphatic carboxylic acids is 1. The fraction of sp³-hybridized carbons (Fsp3) is 0.400. The van der Waals surface area contributed by atoms with E-state index >= 15 is 0 Å². The van der Waals surface area contributed by atoms with E-state index < -0.39 is 15.8 Å². The average molecular weight is 913 g/mol. The Balaban J connectivity index is -0.000000204. The van der Waals surface area contributed by atoms with E-state index in [9.17, 15) is 25.0 Å². The van der Waals surface area contributed by atoms with Crippen molar-refractivity contribution in [2.75, 3.05) is 53.3 Å². The van der Waals surface area contributed by atoms with Gasteiger partial charge in [0, 0.05) is 51.3 Å². The number of nitro groups is 2. The van der Waals surface area contributed by atoms with Crippen LogP contribution in [-0.2, 0) is 32.2 Å². The van der Waals surface area contributed by atoms with Crippen molar-refractivity contribution in [2.45, 2.75) is 62.2 Å². The van der Waals surface area contributed by atoms with Gasteiger partial charge in [0.2, 0.25) is 0 Å². The number of hydrogen-bond acceptors (Lipinski definition) is 18. The highest BCUT2D eigenvalue weighted by Gasteiger charge is 2.01. The standard InChI is InChI=1S/2C6H5NO2.C6H7N.C6H15N.2C5H8N2O2.C3H6O3.C2H6N2O.CH4.ClH/c2*8-7(9)6-4-2-1-3-5-6;7-6-4-2-1-3-5-6;1-4-7(5-2)6-3;2*1-4-6-5(3-8-2)9-7-4;1-6-2-3(4)5;1-2(3)4-5;;/h2*1-5H;1-5H,7H2;4-6H2,1-3H3;2*3H2,1-2H3;2H2,1H3,(H,4,5);5H,1H3,(H2,3,4);1H4;1H. The summed E-state index contributed by atoms with van der Waals surface area (Å²) in [5, 5.41) is 45.1. The molecule has 3 aromatic carbocycles. The van der Waals surface area contributed by atoms with E-state index in [-0.39, 0.29) is 43.7 Å². The Morgan fingerprint density at radius 1 is 0.730 bits per heavy atom. The highest BCUT2D eigenvalue weighted by atomic mass is 35.5. The number of aryl methyl sites for hydroxylation is 2. The molecule has 0 fully saturated rings. The van der Waals surface area contributed by atoms with Crippen LogP contribution in [0.5, 0.6) is 0 Å². The third-order valence-electron chi connectivity index (χ3n) is 6.18. The molecule has 0 aliphatic rings. The highest BCUT2D eigenvalue weighted by Crippen LogP contribution is 2.07. The SMILES string of the molecule is C.C/C(N)=N/O.CCN(CC)CC.COCC(=O)O.COCc1nc(C)no1.COCc1nc(C)no1.Cl.Nc1ccccc1.O=[N+]([O-])c1ccccc1.O=[N+]([O-])c1ccccc1. The number of carboxylic acid groups (broad SMARTS) is 1. The molecule has 23 heteroatoms. The zero-order valence-electron chi connectivity index (χ0n) is 36.5. The summed E-state index contributed by atoms with van der Waals surface area (Å²) >= 11 is 0. The number of hydrogen-bond donors (Lipinski definition) is 4. The monoisotopic (exact) mass is 912 g/mol. The van der Waals surface area contributed by atoms with E-state index in [4.69, 9.17) is 40.3 Å². The molecule has 5 aromatic rings. The lowest BCUT2D eigenvalue weighted by Gasteiger charge is -2.13. The molecular formula is C40H65ClN10O12. The second-order valence-corrected chi connectivity index (χ2v) is 11.1. The van der Waals surface area contributed by atoms with Gasteiger partial charge in [-0.2, -0.15) is 9.97 Å². The summed E-state index contributed by atoms with van der Waals surface area (Å²) in [6.45, 7) is 15.7. The number of rotatable bonds is 11. The van der Waals surface area contributed by atoms with Crippen molar-refractivity contribution in [3.8, 4) is 0 Å². The molecule has 0 saturated heterocycles. The number of para-hydroxylation sites is 3. The van der Waals surface area contributed by atoms with Gasteiger partial charge in [0.15, 0.2) is 11.6 Å². The van der Waals surface area contributed by atoms with Crippen LogP contribution in [0.1, 0.15) is 58.6 Å². The zero-order chi connectivity index (χ0) is 46.8. The van der Waals surface area contributed by atoms with Crippen LogP contribution in [0.4, 0.5) is 17.1 Å². The van der Waals surface area contributed by atoms with E-state index in [1.165, 1.54) is 57.9 Å². The van der Waals surface area contributed by atoms with Crippen molar-refractivity contribution in [1.29, 1.82) is 0 Å². The minimum Gasteiger partial charge on any atom is -0.480 e. The molecule has 0 radical (unpaired) electrons. The first kappa shape index (κ1) is 65.5. The number of carbonyl (C=O) groups is 1. The fourth-order valence-corrected chi connectivity index (χ4v) is 3.39. The fourth-order valence-electron chi connectivity index (χ4n) is 3.39. The van der Waals surface area contributed by atoms with Gasteiger partial charge >= 0.3 is 5.97 Å². The minimum absolute atomic E-state index is 0. The van der Waals surface area contributed by atoms with Crippen molar-refractivity contribution < 1.29 is 48.2 Å². The number of methoxy groups -OCH3 is 3. The van der Waals surface area contributed by atoms with Gasteiger partial charge in [0.25, 0.3) is 23.2 Å². The van der Waals surface area contributed by atoms with E-state index in [0.29, 0.717) is 36.6 Å². The van der Waals surface area contributed by atoms with Crippen LogP contribution in [0.3, 0.4) is 0 Å². The van der Waals surface area contributed by atoms with Gasteiger partial charge in [-0.25, -0.2) is 4.79 Å². The Kier molecular flexibility index (Phi) is 46.8. The molecule has 2 aromatic heterocycles. The molecule has 22 nitrogen and oxygen atoms in total. The molecule has 0 saturated carbocycles. The van der Waals surface area contributed by atoms with Crippen LogP contribution in [0.2, 0.25) is 0 Å². The van der Waals surface area contributed by atoms with Crippen molar-refractivity contribution in [2.24, 2.45) is 10.9 Å². The summed E-state index contributed by atoms with van der Waals surface area (Å²) in [5.74, 6) is 1.58. The maximum absolute atomic E-state index is 10.0. The number of halogens is 1. The number of nitrogen functional groups attached to an aromatic ring is 1. The molecule has 0 bridgehead atoms. The predicted molar refractivity (Wildman–Crippen MR) is 243 cm³/mol. The van der Waals surface area contributed by atoms with Crippen LogP contribution >= 0.6 is 12.4 Å². The maximum atomic E-state index is 10.0. The third kappa shape index (κ3) is 43.3. The smallest absolute Gasteiger partial charge is 0.329 e. The van der Waals surface area contributed by atoms with Crippen LogP contribution in [0.15, 0.2) is 105 Å². The van der Waals surface area contributed by atoms with Crippen molar-refractivity contribution >= 4 is 41.3 Å². The molecule has 2 heterocycles. The Bertz CT molecular complexity index is 1720. The Morgan fingerprint density at radius 2 is 1.05 bits per heavy atom. The molecule has 0 amide bonds. The second kappa shape index (κ2) is 44.9. The molecule has 0 aliphatic carbocycles. The first-order valence-corrected chi connectivity index (χ1v) is 18.2. The summed E-state index contributed by atoms with van der Waals surface area (Å²) < 4.78 is 23.1. The molecule has 5 rings (SSSR count). The quantitative estimate of drug-likeness (QED) is 0.0251. The van der Waals surface area contributed by atoms with E-state index in [0.717, 1.165) is 5.69 Å². The van der Waals surface area contributed by atoms with Crippen molar-refractivity contribution in [3.63, 3.8) is 0 Å². The molecule has 0 spiro atoms. The molecule has 63 heavy (non-hydrogen) atoms. The van der Waals surface area contributed by atoms with Gasteiger partial charge in [-0.15, -0.1) is 12.4 Å². The van der Waals surface area contributed by atoms with Crippen LogP contribution in [-0.4, -0.2) is 105 Å². The minimum atomic E-state index is -0.933. The number of anilines is 1. The lowest BCUT2D eigenvalue weighted by atomic mass is 10.3. The Labute approximate surface area is 374 Å². The topological polar surface area (TPSA) is 317 Å². The summed E-state index contributed by atoms with van der Waals surface area (Å²) in [4.78, 5) is 38.8. The number of amidine groups is 1. The van der Waals surface area contributed by atoms with Gasteiger partial charge in [-0.3, -0.25) is 20.2 Å². The lowest BCUT2D eigenvalue weighted by molar-refractivity contribution is -0.385. The van der Waals surface area contributed by atoms with Gasteiger partial charge < -0.3 is 49.9 Å². The largest absolute Gasteiger partial charge is 0.480 e. The van der Waals surface area contributed by atoms with E-state index in [1.807, 2.05) is 30.3 Å². The Hall–Kier alpha value is -6.59. The van der Waals surface area contributed by atoms with Crippen LogP contribution < -0.4 is 11.5 Å². The highest BCUT2D eigenvalue weighted by molar-refractivity contribution is 5.85. The number of nitrogens with two attached hydrogens (primary N) is 2. The number of ether oxygens (including phenoxy) is 3. The Morgan fingerprint density at radius 3 is 1.17 bits per heavy atom. The predicted octanol–water partition coefficient (Wildman–Crippen LogP) is 7.38. The van der Waals surface area contributed by atoms with Crippen molar-refractivity contribution in [1.82, 2.24) is 25.2 Å². The first-order valence-electron chi connectivity index (χ1n) is 18.2. The van der Waals surface area contributed by atoms with Crippen LogP contribution in [0, 0.1) is 34.1 Å². The maximum Gasteiger partial charge on any atom is 0.329 e. The molecular weight excluding hydrogens is 848 g/mol. The second-order valence-electron chi connectivity index (χ2n) is 11.1. The molecule has 0 aliphatic heterocycles. The first-order chi connectivity index (χ1) is 29.0. The lowest BCUT2D eigenvalue weighted by Crippen LogP contribution is -2.21. The van der Waals surface area contributed by atoms with Gasteiger partial charge in [0.05, 0.1) is 9.85 Å². The molecule has 0 atom stereocenters. The summed E-state index contributed by atoms with van der Waals surface area (Å²) in [5.41, 5.74) is 11.2. The number of non-ortho nitro benzene ring substituents is 2. The zero-order valence-corrected chi connectivity index (χ0v) is 37.3. The number of carboxylic acids is 1. The molecule has 354 valence electrons. The molecule has 6 N–H and O–H groups in total. The number of benzene rings is 3. The van der Waals surface area contributed by atoms with Gasteiger partial charge in [0.1, 0.15) is 25.7 Å². The summed E-state index contributed by atoms with van der Waals surface area (Å²) in [6, 6.07) is 25.4. The van der Waals surface area contributed by atoms with Crippen molar-refractivity contribution in [3.05, 3.63) is 135 Å². The van der Waals surface area contributed by atoms with Gasteiger partial charge in [-0.1, -0.05) is 98.3 Å². The van der Waals surface area contributed by atoms with E-state index in [2.05, 4.69) is 55.8 Å². The van der Waals surface area contributed by atoms with Crippen LogP contribution in [0.25, 0.3) is 0 Å². The molecule has 0 unspecified atom stereocenters.